The van der Waals surface area contributed by atoms with Gasteiger partial charge in [-0.15, -0.1) is 0 Å². The molecule has 0 aliphatic carbocycles. The number of ether oxygens (including phenoxy) is 1. The summed E-state index contributed by atoms with van der Waals surface area (Å²) in [6.07, 6.45) is 1.50. The normalized spacial score (nSPS) is 10.6. The highest BCUT2D eigenvalue weighted by Crippen LogP contribution is 2.20. The third-order valence-corrected chi connectivity index (χ3v) is 2.32. The van der Waals surface area contributed by atoms with Crippen molar-refractivity contribution < 1.29 is 9.53 Å². The number of hydrogen-bond acceptors (Lipinski definition) is 7. The minimum atomic E-state index is -0.329. The molecule has 96 valence electrons. The Labute approximate surface area is 103 Å². The smallest absolute Gasteiger partial charge is 0.325 e. The van der Waals surface area contributed by atoms with Gasteiger partial charge in [0.25, 0.3) is 0 Å². The van der Waals surface area contributed by atoms with Crippen molar-refractivity contribution in [3.8, 4) is 0 Å². The van der Waals surface area contributed by atoms with Gasteiger partial charge in [0.05, 0.1) is 12.9 Å². The molecule has 0 aliphatic rings. The fraction of sp³-hybridized carbons (Fsp3) is 0.400. The molecule has 3 N–H and O–H groups in total. The lowest BCUT2D eigenvalue weighted by atomic mass is 10.4. The first-order valence-corrected chi connectivity index (χ1v) is 5.45. The molecule has 0 unspecified atom stereocenters. The molecule has 2 rings (SSSR count). The molecule has 0 radical (unpaired) electrons. The van der Waals surface area contributed by atoms with Gasteiger partial charge in [-0.2, -0.15) is 9.97 Å². The standard InChI is InChI=1S/C10H14N6O2/c1-3-18-6(17)4-16(2)9-7-8(13-5-12-7)14-10(11)15-9/h5H,3-4H2,1-2H3,(H3,11,12,13,14,15). The summed E-state index contributed by atoms with van der Waals surface area (Å²) in [4.78, 5) is 28.1. The van der Waals surface area contributed by atoms with Crippen LogP contribution in [-0.2, 0) is 9.53 Å². The van der Waals surface area contributed by atoms with Gasteiger partial charge in [-0.1, -0.05) is 0 Å². The van der Waals surface area contributed by atoms with Gasteiger partial charge < -0.3 is 20.4 Å². The van der Waals surface area contributed by atoms with E-state index in [2.05, 4.69) is 19.9 Å². The highest BCUT2D eigenvalue weighted by molar-refractivity contribution is 5.86. The topological polar surface area (TPSA) is 110 Å². The van der Waals surface area contributed by atoms with Gasteiger partial charge in [0.2, 0.25) is 5.95 Å². The summed E-state index contributed by atoms with van der Waals surface area (Å²) in [5.41, 5.74) is 6.69. The number of anilines is 2. The van der Waals surface area contributed by atoms with Crippen LogP contribution < -0.4 is 10.6 Å². The Bertz CT molecular complexity index is 566. The number of nitrogens with one attached hydrogen (secondary N) is 1. The van der Waals surface area contributed by atoms with E-state index in [-0.39, 0.29) is 18.5 Å². The van der Waals surface area contributed by atoms with E-state index in [1.54, 1.807) is 18.9 Å². The molecule has 0 saturated heterocycles. The summed E-state index contributed by atoms with van der Waals surface area (Å²) >= 11 is 0. The zero-order chi connectivity index (χ0) is 13.1. The maximum atomic E-state index is 11.4. The molecule has 2 aromatic heterocycles. The van der Waals surface area contributed by atoms with E-state index in [0.717, 1.165) is 0 Å². The predicted octanol–water partition coefficient (Wildman–Crippen LogP) is -0.0656. The molecule has 0 amide bonds. The van der Waals surface area contributed by atoms with Gasteiger partial charge in [-0.25, -0.2) is 4.98 Å². The number of aromatic amines is 1. The van der Waals surface area contributed by atoms with Crippen LogP contribution in [0.1, 0.15) is 6.92 Å². The average molecular weight is 250 g/mol. The van der Waals surface area contributed by atoms with Crippen molar-refractivity contribution in [3.05, 3.63) is 6.33 Å². The molecular weight excluding hydrogens is 236 g/mol. The SMILES string of the molecule is CCOC(=O)CN(C)c1nc(N)nc2nc[nH]c12. The Morgan fingerprint density at radius 1 is 1.56 bits per heavy atom. The van der Waals surface area contributed by atoms with E-state index >= 15 is 0 Å². The molecule has 2 aromatic rings. The van der Waals surface area contributed by atoms with Gasteiger partial charge >= 0.3 is 5.97 Å². The third-order valence-electron chi connectivity index (χ3n) is 2.32. The van der Waals surface area contributed by atoms with E-state index < -0.39 is 0 Å². The molecule has 18 heavy (non-hydrogen) atoms. The van der Waals surface area contributed by atoms with Crippen molar-refractivity contribution in [2.45, 2.75) is 6.92 Å². The van der Waals surface area contributed by atoms with E-state index in [4.69, 9.17) is 10.5 Å². The lowest BCUT2D eigenvalue weighted by Gasteiger charge is -2.17. The Kier molecular flexibility index (Phi) is 3.26. The van der Waals surface area contributed by atoms with Gasteiger partial charge in [0, 0.05) is 7.05 Å². The molecule has 0 atom stereocenters. The number of carbonyl (C=O) groups is 1. The number of rotatable bonds is 4. The van der Waals surface area contributed by atoms with Crippen LogP contribution in [0.3, 0.4) is 0 Å². The Balaban J connectivity index is 2.29. The van der Waals surface area contributed by atoms with Crippen LogP contribution >= 0.6 is 0 Å². The Morgan fingerprint density at radius 3 is 3.06 bits per heavy atom. The van der Waals surface area contributed by atoms with E-state index in [0.29, 0.717) is 23.6 Å². The maximum absolute atomic E-state index is 11.4. The summed E-state index contributed by atoms with van der Waals surface area (Å²) in [6.45, 7) is 2.18. The summed E-state index contributed by atoms with van der Waals surface area (Å²) in [5.74, 6) is 0.299. The van der Waals surface area contributed by atoms with E-state index in [1.807, 2.05) is 0 Å². The van der Waals surface area contributed by atoms with Gasteiger partial charge in [-0.05, 0) is 6.92 Å². The number of fused-ring (bicyclic) bond motifs is 1. The second-order valence-corrected chi connectivity index (χ2v) is 3.67. The summed E-state index contributed by atoms with van der Waals surface area (Å²) in [6, 6.07) is 0. The lowest BCUT2D eigenvalue weighted by molar-refractivity contribution is -0.141. The molecule has 0 aromatic carbocycles. The quantitative estimate of drug-likeness (QED) is 0.731. The van der Waals surface area contributed by atoms with Crippen molar-refractivity contribution in [1.82, 2.24) is 19.9 Å². The Hall–Kier alpha value is -2.38. The molecule has 0 bridgehead atoms. The number of nitrogen functional groups attached to an aromatic ring is 1. The van der Waals surface area contributed by atoms with Crippen molar-refractivity contribution in [1.29, 1.82) is 0 Å². The molecule has 0 aliphatic heterocycles. The van der Waals surface area contributed by atoms with Crippen LogP contribution in [0.15, 0.2) is 6.33 Å². The minimum absolute atomic E-state index is 0.0818. The fourth-order valence-electron chi connectivity index (χ4n) is 1.59. The predicted molar refractivity (Wildman–Crippen MR) is 66.0 cm³/mol. The number of carbonyl (C=O) groups excluding carboxylic acids is 1. The second-order valence-electron chi connectivity index (χ2n) is 3.67. The summed E-state index contributed by atoms with van der Waals surface area (Å²) < 4.78 is 4.88. The zero-order valence-corrected chi connectivity index (χ0v) is 10.2. The van der Waals surface area contributed by atoms with Crippen molar-refractivity contribution in [2.75, 3.05) is 30.8 Å². The zero-order valence-electron chi connectivity index (χ0n) is 10.2. The molecule has 8 heteroatoms. The highest BCUT2D eigenvalue weighted by atomic mass is 16.5. The van der Waals surface area contributed by atoms with Crippen LogP contribution in [0, 0.1) is 0 Å². The van der Waals surface area contributed by atoms with Crippen LogP contribution in [0.25, 0.3) is 11.2 Å². The van der Waals surface area contributed by atoms with Crippen LogP contribution in [0.4, 0.5) is 11.8 Å². The number of aromatic nitrogens is 4. The van der Waals surface area contributed by atoms with Crippen molar-refractivity contribution in [3.63, 3.8) is 0 Å². The van der Waals surface area contributed by atoms with Crippen molar-refractivity contribution in [2.24, 2.45) is 0 Å². The number of hydrogen-bond donors (Lipinski definition) is 2. The average Bonchev–Trinajstić information content (AvgIpc) is 2.75. The molecule has 0 spiro atoms. The first-order valence-electron chi connectivity index (χ1n) is 5.45. The monoisotopic (exact) mass is 250 g/mol. The first-order chi connectivity index (χ1) is 8.61. The number of nitrogens with zero attached hydrogens (tertiary/aromatic N) is 4. The third kappa shape index (κ3) is 2.31. The molecular formula is C10H14N6O2. The Morgan fingerprint density at radius 2 is 2.33 bits per heavy atom. The summed E-state index contributed by atoms with van der Waals surface area (Å²) in [7, 11) is 1.72. The fourth-order valence-corrected chi connectivity index (χ4v) is 1.59. The molecule has 8 nitrogen and oxygen atoms in total. The summed E-state index contributed by atoms with van der Waals surface area (Å²) in [5, 5.41) is 0. The molecule has 0 fully saturated rings. The number of nitrogens with two attached hydrogens (primary N) is 1. The number of H-pyrrole nitrogens is 1. The maximum Gasteiger partial charge on any atom is 0.325 e. The van der Waals surface area contributed by atoms with Gasteiger partial charge in [0.1, 0.15) is 12.1 Å². The lowest BCUT2D eigenvalue weighted by Crippen LogP contribution is -2.28. The number of likely N-dealkylation sites (N-methyl/N-ethyl adjacent to an activating group) is 1. The van der Waals surface area contributed by atoms with E-state index in [1.165, 1.54) is 6.33 Å². The molecule has 0 saturated carbocycles. The number of esters is 1. The highest BCUT2D eigenvalue weighted by Gasteiger charge is 2.15. The van der Waals surface area contributed by atoms with Gasteiger partial charge in [0.15, 0.2) is 11.5 Å². The first kappa shape index (κ1) is 12.1. The second kappa shape index (κ2) is 4.86. The number of imidazole rings is 1. The van der Waals surface area contributed by atoms with E-state index in [9.17, 15) is 4.79 Å². The molecule has 2 heterocycles. The van der Waals surface area contributed by atoms with Crippen LogP contribution in [0.2, 0.25) is 0 Å². The van der Waals surface area contributed by atoms with Crippen molar-refractivity contribution >= 4 is 28.9 Å². The van der Waals surface area contributed by atoms with Crippen LogP contribution in [0.5, 0.6) is 0 Å². The van der Waals surface area contributed by atoms with Crippen LogP contribution in [-0.4, -0.2) is 46.1 Å². The van der Waals surface area contributed by atoms with Gasteiger partial charge in [-0.3, -0.25) is 4.79 Å². The largest absolute Gasteiger partial charge is 0.465 e. The minimum Gasteiger partial charge on any atom is -0.465 e.